The van der Waals surface area contributed by atoms with Crippen LogP contribution in [0.3, 0.4) is 0 Å². The van der Waals surface area contributed by atoms with Gasteiger partial charge in [-0.1, -0.05) is 20.8 Å². The Balaban J connectivity index is 2.12. The number of aromatic nitrogens is 1. The quantitative estimate of drug-likeness (QED) is 0.788. The van der Waals surface area contributed by atoms with Gasteiger partial charge in [0.05, 0.1) is 17.1 Å². The minimum Gasteiger partial charge on any atom is -0.296 e. The zero-order chi connectivity index (χ0) is 14.0. The predicted octanol–water partition coefficient (Wildman–Crippen LogP) is 3.70. The van der Waals surface area contributed by atoms with Gasteiger partial charge in [0, 0.05) is 13.5 Å². The molecule has 1 atom stereocenters. The van der Waals surface area contributed by atoms with Gasteiger partial charge in [0.15, 0.2) is 5.78 Å². The van der Waals surface area contributed by atoms with E-state index in [2.05, 4.69) is 25.7 Å². The Kier molecular flexibility index (Phi) is 4.74. The van der Waals surface area contributed by atoms with Crippen LogP contribution in [0.15, 0.2) is 0 Å². The summed E-state index contributed by atoms with van der Waals surface area (Å²) in [5.41, 5.74) is 0.984. The zero-order valence-corrected chi connectivity index (χ0v) is 13.2. The monoisotopic (exact) mass is 280 g/mol. The summed E-state index contributed by atoms with van der Waals surface area (Å²) in [5, 5.41) is 1.10. The first-order valence-corrected chi connectivity index (χ1v) is 8.02. The van der Waals surface area contributed by atoms with Crippen LogP contribution in [0.25, 0.3) is 0 Å². The molecule has 1 unspecified atom stereocenters. The van der Waals surface area contributed by atoms with Gasteiger partial charge < -0.3 is 0 Å². The highest BCUT2D eigenvalue weighted by atomic mass is 32.1. The van der Waals surface area contributed by atoms with Crippen molar-refractivity contribution < 1.29 is 4.79 Å². The van der Waals surface area contributed by atoms with E-state index in [1.807, 2.05) is 0 Å². The van der Waals surface area contributed by atoms with Crippen molar-refractivity contribution in [1.82, 2.24) is 9.88 Å². The number of Topliss-reactive ketones (excluding diaryl/α,β-unsaturated/α-hetero) is 1. The number of likely N-dealkylation sites (tertiary alicyclic amines) is 1. The summed E-state index contributed by atoms with van der Waals surface area (Å²) in [6, 6.07) is 0. The van der Waals surface area contributed by atoms with E-state index < -0.39 is 0 Å². The Labute approximate surface area is 120 Å². The molecule has 0 amide bonds. The molecule has 0 aliphatic carbocycles. The minimum atomic E-state index is 0.152. The normalized spacial score (nSPS) is 21.0. The van der Waals surface area contributed by atoms with Crippen LogP contribution in [0, 0.1) is 5.92 Å². The molecule has 4 heteroatoms. The summed E-state index contributed by atoms with van der Waals surface area (Å²) in [5.74, 6) is 1.26. The summed E-state index contributed by atoms with van der Waals surface area (Å²) in [4.78, 5) is 19.7. The fourth-order valence-electron chi connectivity index (χ4n) is 2.71. The van der Waals surface area contributed by atoms with Crippen LogP contribution in [0.5, 0.6) is 0 Å². The number of carbonyl (C=O) groups excluding carboxylic acids is 1. The molecule has 19 heavy (non-hydrogen) atoms. The molecule has 3 nitrogen and oxygen atoms in total. The van der Waals surface area contributed by atoms with Crippen molar-refractivity contribution in [2.24, 2.45) is 5.92 Å². The molecular weight excluding hydrogens is 256 g/mol. The Morgan fingerprint density at radius 3 is 2.79 bits per heavy atom. The Morgan fingerprint density at radius 2 is 2.26 bits per heavy atom. The molecule has 0 aromatic carbocycles. The number of carbonyl (C=O) groups is 1. The smallest absolute Gasteiger partial charge is 0.171 e. The van der Waals surface area contributed by atoms with Gasteiger partial charge in [0.2, 0.25) is 0 Å². The van der Waals surface area contributed by atoms with Crippen molar-refractivity contribution in [3.63, 3.8) is 0 Å². The van der Waals surface area contributed by atoms with Crippen molar-refractivity contribution in [1.29, 1.82) is 0 Å². The molecule has 1 aromatic rings. The average molecular weight is 280 g/mol. The van der Waals surface area contributed by atoms with E-state index in [1.54, 1.807) is 18.3 Å². The van der Waals surface area contributed by atoms with Gasteiger partial charge >= 0.3 is 0 Å². The molecule has 0 bridgehead atoms. The Bertz CT molecular complexity index is 453. The van der Waals surface area contributed by atoms with Crippen molar-refractivity contribution >= 4 is 17.1 Å². The topological polar surface area (TPSA) is 33.2 Å². The van der Waals surface area contributed by atoms with E-state index in [0.29, 0.717) is 5.92 Å². The first kappa shape index (κ1) is 14.7. The van der Waals surface area contributed by atoms with E-state index in [4.69, 9.17) is 4.98 Å². The summed E-state index contributed by atoms with van der Waals surface area (Å²) in [6.07, 6.45) is 2.62. The molecule has 2 heterocycles. The molecule has 1 saturated heterocycles. The third-order valence-electron chi connectivity index (χ3n) is 3.66. The van der Waals surface area contributed by atoms with E-state index in [-0.39, 0.29) is 5.78 Å². The first-order valence-electron chi connectivity index (χ1n) is 7.20. The molecule has 1 fully saturated rings. The van der Waals surface area contributed by atoms with Crippen LogP contribution in [0.4, 0.5) is 0 Å². The summed E-state index contributed by atoms with van der Waals surface area (Å²) < 4.78 is 0. The number of nitrogens with zero attached hydrogens (tertiary/aromatic N) is 2. The molecule has 106 valence electrons. The number of thiazole rings is 1. The van der Waals surface area contributed by atoms with Gasteiger partial charge in [-0.3, -0.25) is 9.69 Å². The highest BCUT2D eigenvalue weighted by Crippen LogP contribution is 2.27. The number of hydrogen-bond acceptors (Lipinski definition) is 4. The SMILES string of the molecule is CC(=O)c1sc(CN2CCCC(C)C2)nc1C(C)C. The molecule has 2 rings (SSSR count). The fourth-order valence-corrected chi connectivity index (χ4v) is 3.87. The van der Waals surface area contributed by atoms with Crippen molar-refractivity contribution in [2.75, 3.05) is 13.1 Å². The lowest BCUT2D eigenvalue weighted by molar-refractivity contribution is 0.102. The van der Waals surface area contributed by atoms with Gasteiger partial charge in [0.25, 0.3) is 0 Å². The highest BCUT2D eigenvalue weighted by Gasteiger charge is 2.21. The summed E-state index contributed by atoms with van der Waals surface area (Å²) in [6.45, 7) is 11.4. The molecule has 1 aromatic heterocycles. The first-order chi connectivity index (χ1) is 8.97. The van der Waals surface area contributed by atoms with Crippen molar-refractivity contribution in [3.05, 3.63) is 15.6 Å². The van der Waals surface area contributed by atoms with Gasteiger partial charge in [0.1, 0.15) is 5.01 Å². The zero-order valence-electron chi connectivity index (χ0n) is 12.4. The number of hydrogen-bond donors (Lipinski definition) is 0. The average Bonchev–Trinajstić information content (AvgIpc) is 2.73. The molecule has 1 aliphatic rings. The largest absolute Gasteiger partial charge is 0.296 e. The second-order valence-electron chi connectivity index (χ2n) is 6.02. The predicted molar refractivity (Wildman–Crippen MR) is 79.9 cm³/mol. The van der Waals surface area contributed by atoms with Crippen molar-refractivity contribution in [2.45, 2.75) is 53.0 Å². The summed E-state index contributed by atoms with van der Waals surface area (Å²) in [7, 11) is 0. The second kappa shape index (κ2) is 6.14. The molecule has 0 spiro atoms. The number of piperidine rings is 1. The van der Waals surface area contributed by atoms with E-state index in [1.165, 1.54) is 12.8 Å². The lowest BCUT2D eigenvalue weighted by atomic mass is 10.0. The van der Waals surface area contributed by atoms with Crippen molar-refractivity contribution in [3.8, 4) is 0 Å². The van der Waals surface area contributed by atoms with Gasteiger partial charge in [-0.2, -0.15) is 0 Å². The van der Waals surface area contributed by atoms with Gasteiger partial charge in [-0.15, -0.1) is 11.3 Å². The van der Waals surface area contributed by atoms with Crippen LogP contribution in [0.2, 0.25) is 0 Å². The molecule has 0 saturated carbocycles. The maximum absolute atomic E-state index is 11.7. The lowest BCUT2D eigenvalue weighted by Crippen LogP contribution is -2.33. The van der Waals surface area contributed by atoms with E-state index in [9.17, 15) is 4.79 Å². The Hall–Kier alpha value is -0.740. The lowest BCUT2D eigenvalue weighted by Gasteiger charge is -2.29. The molecule has 1 aliphatic heterocycles. The maximum atomic E-state index is 11.7. The molecule has 0 radical (unpaired) electrons. The minimum absolute atomic E-state index is 0.152. The molecular formula is C15H24N2OS. The van der Waals surface area contributed by atoms with Crippen LogP contribution in [-0.2, 0) is 6.54 Å². The third kappa shape index (κ3) is 3.63. The Morgan fingerprint density at radius 1 is 1.53 bits per heavy atom. The highest BCUT2D eigenvalue weighted by molar-refractivity contribution is 7.13. The van der Waals surface area contributed by atoms with Gasteiger partial charge in [-0.25, -0.2) is 4.98 Å². The van der Waals surface area contributed by atoms with Crippen LogP contribution in [0.1, 0.15) is 66.8 Å². The van der Waals surface area contributed by atoms with E-state index >= 15 is 0 Å². The van der Waals surface area contributed by atoms with Crippen LogP contribution < -0.4 is 0 Å². The van der Waals surface area contributed by atoms with Gasteiger partial charge in [-0.05, 0) is 31.2 Å². The number of rotatable bonds is 4. The van der Waals surface area contributed by atoms with Crippen LogP contribution in [-0.4, -0.2) is 28.8 Å². The van der Waals surface area contributed by atoms with E-state index in [0.717, 1.165) is 41.1 Å². The third-order valence-corrected chi connectivity index (χ3v) is 4.82. The summed E-state index contributed by atoms with van der Waals surface area (Å²) >= 11 is 1.59. The number of ketones is 1. The maximum Gasteiger partial charge on any atom is 0.171 e. The molecule has 0 N–H and O–H groups in total. The fraction of sp³-hybridized carbons (Fsp3) is 0.733. The van der Waals surface area contributed by atoms with Crippen LogP contribution >= 0.6 is 11.3 Å². The second-order valence-corrected chi connectivity index (χ2v) is 7.10. The standard InChI is InChI=1S/C15H24N2OS/c1-10(2)14-15(12(4)18)19-13(16-14)9-17-7-5-6-11(3)8-17/h10-11H,5-9H2,1-4H3.